The number of benzene rings is 4. The molecule has 5 rings (SSSR count). The second-order valence-corrected chi connectivity index (χ2v) is 10.6. The summed E-state index contributed by atoms with van der Waals surface area (Å²) in [6.45, 7) is 2.37. The van der Waals surface area contributed by atoms with E-state index >= 15 is 0 Å². The Bertz CT molecular complexity index is 1290. The van der Waals surface area contributed by atoms with E-state index in [0.29, 0.717) is 46.1 Å². The predicted molar refractivity (Wildman–Crippen MR) is 161 cm³/mol. The molecule has 4 atom stereocenters. The molecule has 42 heavy (non-hydrogen) atoms. The molecule has 0 amide bonds. The van der Waals surface area contributed by atoms with Gasteiger partial charge in [0.15, 0.2) is 6.29 Å². The zero-order valence-corrected chi connectivity index (χ0v) is 24.2. The summed E-state index contributed by atoms with van der Waals surface area (Å²) in [6, 6.07) is 40.5. The minimum atomic E-state index is -0.850. The van der Waals surface area contributed by atoms with Gasteiger partial charge in [-0.1, -0.05) is 121 Å². The predicted octanol–water partition coefficient (Wildman–Crippen LogP) is 6.72. The molecule has 6 nitrogen and oxygen atoms in total. The average Bonchev–Trinajstić information content (AvgIpc) is 3.05. The van der Waals surface area contributed by atoms with Crippen molar-refractivity contribution in [1.82, 2.24) is 0 Å². The standard InChI is InChI=1S/C36H40O6/c1-37-35-33(40-25-31-18-10-4-11-19-31)22-36(41-26-32-20-12-5-13-21-32,28-39-24-30-16-8-3-9-17-30)34(42-35)27-38-23-29-14-6-2-7-15-29/h2-21,33-35H,22-28H2,1H3/t33?,34?,35-,36?/m0/s1. The van der Waals surface area contributed by atoms with Crippen LogP contribution in [0, 0.1) is 0 Å². The van der Waals surface area contributed by atoms with Gasteiger partial charge >= 0.3 is 0 Å². The van der Waals surface area contributed by atoms with E-state index in [0.717, 1.165) is 22.3 Å². The van der Waals surface area contributed by atoms with Crippen LogP contribution in [0.1, 0.15) is 28.7 Å². The van der Waals surface area contributed by atoms with Crippen molar-refractivity contribution in [3.8, 4) is 0 Å². The minimum Gasteiger partial charge on any atom is -0.374 e. The SMILES string of the molecule is CO[C@H]1OC(COCc2ccccc2)C(COCc2ccccc2)(OCc2ccccc2)CC1OCc1ccccc1. The Morgan fingerprint density at radius 1 is 0.619 bits per heavy atom. The van der Waals surface area contributed by atoms with Crippen LogP contribution in [0.2, 0.25) is 0 Å². The Morgan fingerprint density at radius 2 is 1.10 bits per heavy atom. The molecular formula is C36H40O6. The molecule has 4 aromatic carbocycles. The molecule has 4 aromatic rings. The summed E-state index contributed by atoms with van der Waals surface area (Å²) < 4.78 is 38.3. The van der Waals surface area contributed by atoms with Crippen molar-refractivity contribution < 1.29 is 28.4 Å². The van der Waals surface area contributed by atoms with Crippen molar-refractivity contribution in [2.24, 2.45) is 0 Å². The fourth-order valence-electron chi connectivity index (χ4n) is 5.18. The molecule has 0 saturated carbocycles. The van der Waals surface area contributed by atoms with E-state index in [1.807, 2.05) is 84.9 Å². The lowest BCUT2D eigenvalue weighted by atomic mass is 9.87. The highest BCUT2D eigenvalue weighted by atomic mass is 16.7. The summed E-state index contributed by atoms with van der Waals surface area (Å²) >= 11 is 0. The molecule has 0 aliphatic carbocycles. The van der Waals surface area contributed by atoms with Gasteiger partial charge in [-0.3, -0.25) is 0 Å². The average molecular weight is 569 g/mol. The number of methoxy groups -OCH3 is 1. The molecule has 6 heteroatoms. The van der Waals surface area contributed by atoms with Crippen LogP contribution in [0.15, 0.2) is 121 Å². The van der Waals surface area contributed by atoms with Crippen LogP contribution in [-0.4, -0.2) is 44.4 Å². The molecule has 1 heterocycles. The molecular weight excluding hydrogens is 528 g/mol. The lowest BCUT2D eigenvalue weighted by molar-refractivity contribution is -0.321. The fourth-order valence-corrected chi connectivity index (χ4v) is 5.18. The second kappa shape index (κ2) is 15.8. The number of hydrogen-bond acceptors (Lipinski definition) is 6. The van der Waals surface area contributed by atoms with Gasteiger partial charge in [-0.15, -0.1) is 0 Å². The third-order valence-corrected chi connectivity index (χ3v) is 7.48. The quantitative estimate of drug-likeness (QED) is 0.159. The first-order valence-corrected chi connectivity index (χ1v) is 14.5. The molecule has 0 spiro atoms. The molecule has 0 bridgehead atoms. The van der Waals surface area contributed by atoms with Crippen molar-refractivity contribution in [3.63, 3.8) is 0 Å². The van der Waals surface area contributed by atoms with E-state index in [9.17, 15) is 0 Å². The summed E-state index contributed by atoms with van der Waals surface area (Å²) in [5.41, 5.74) is 3.49. The first-order valence-electron chi connectivity index (χ1n) is 14.5. The fraction of sp³-hybridized carbons (Fsp3) is 0.333. The molecule has 1 aliphatic rings. The lowest BCUT2D eigenvalue weighted by Gasteiger charge is -2.48. The minimum absolute atomic E-state index is 0.301. The maximum Gasteiger partial charge on any atom is 0.184 e. The van der Waals surface area contributed by atoms with E-state index in [4.69, 9.17) is 28.4 Å². The molecule has 1 aliphatic heterocycles. The van der Waals surface area contributed by atoms with Crippen LogP contribution in [0.3, 0.4) is 0 Å². The Kier molecular flexibility index (Phi) is 11.3. The van der Waals surface area contributed by atoms with E-state index in [1.54, 1.807) is 7.11 Å². The number of hydrogen-bond donors (Lipinski definition) is 0. The van der Waals surface area contributed by atoms with Gasteiger partial charge in [0.1, 0.15) is 17.8 Å². The van der Waals surface area contributed by atoms with Gasteiger partial charge in [-0.05, 0) is 22.3 Å². The van der Waals surface area contributed by atoms with Gasteiger partial charge in [0.2, 0.25) is 0 Å². The molecule has 0 N–H and O–H groups in total. The number of rotatable bonds is 15. The van der Waals surface area contributed by atoms with E-state index in [2.05, 4.69) is 36.4 Å². The molecule has 3 unspecified atom stereocenters. The Morgan fingerprint density at radius 3 is 1.62 bits per heavy atom. The highest BCUT2D eigenvalue weighted by Gasteiger charge is 2.51. The van der Waals surface area contributed by atoms with Crippen molar-refractivity contribution >= 4 is 0 Å². The second-order valence-electron chi connectivity index (χ2n) is 10.6. The Hall–Kier alpha value is -3.36. The van der Waals surface area contributed by atoms with Crippen molar-refractivity contribution in [2.75, 3.05) is 20.3 Å². The first-order chi connectivity index (χ1) is 20.7. The van der Waals surface area contributed by atoms with Crippen LogP contribution in [-0.2, 0) is 54.8 Å². The van der Waals surface area contributed by atoms with Crippen molar-refractivity contribution in [2.45, 2.75) is 56.9 Å². The zero-order valence-electron chi connectivity index (χ0n) is 24.2. The van der Waals surface area contributed by atoms with Gasteiger partial charge in [-0.25, -0.2) is 0 Å². The van der Waals surface area contributed by atoms with Crippen molar-refractivity contribution in [1.29, 1.82) is 0 Å². The van der Waals surface area contributed by atoms with Gasteiger partial charge in [0.05, 0.1) is 39.6 Å². The molecule has 1 fully saturated rings. The van der Waals surface area contributed by atoms with Gasteiger partial charge < -0.3 is 28.4 Å². The number of ether oxygens (including phenoxy) is 6. The van der Waals surface area contributed by atoms with Gasteiger partial charge in [0, 0.05) is 13.5 Å². The zero-order chi connectivity index (χ0) is 28.9. The topological polar surface area (TPSA) is 55.4 Å². The van der Waals surface area contributed by atoms with E-state index in [1.165, 1.54) is 0 Å². The van der Waals surface area contributed by atoms with E-state index in [-0.39, 0.29) is 6.10 Å². The molecule has 0 radical (unpaired) electrons. The maximum atomic E-state index is 6.82. The Balaban J connectivity index is 1.38. The summed E-state index contributed by atoms with van der Waals surface area (Å²) in [5.74, 6) is 0. The largest absolute Gasteiger partial charge is 0.374 e. The third-order valence-electron chi connectivity index (χ3n) is 7.48. The summed E-state index contributed by atoms with van der Waals surface area (Å²) in [7, 11) is 1.65. The van der Waals surface area contributed by atoms with Gasteiger partial charge in [0.25, 0.3) is 0 Å². The molecule has 1 saturated heterocycles. The van der Waals surface area contributed by atoms with Crippen molar-refractivity contribution in [3.05, 3.63) is 144 Å². The molecule has 220 valence electrons. The third kappa shape index (κ3) is 8.58. The van der Waals surface area contributed by atoms with E-state index < -0.39 is 18.0 Å². The van der Waals surface area contributed by atoms with Gasteiger partial charge in [-0.2, -0.15) is 0 Å². The van der Waals surface area contributed by atoms with Crippen LogP contribution >= 0.6 is 0 Å². The van der Waals surface area contributed by atoms with Crippen LogP contribution in [0.25, 0.3) is 0 Å². The maximum absolute atomic E-state index is 6.82. The Labute approximate surface area is 249 Å². The van der Waals surface area contributed by atoms with Crippen LogP contribution in [0.4, 0.5) is 0 Å². The highest BCUT2D eigenvalue weighted by molar-refractivity contribution is 5.16. The van der Waals surface area contributed by atoms with Crippen LogP contribution in [0.5, 0.6) is 0 Å². The smallest absolute Gasteiger partial charge is 0.184 e. The monoisotopic (exact) mass is 568 g/mol. The normalized spacial score (nSPS) is 22.2. The molecule has 0 aromatic heterocycles. The lowest BCUT2D eigenvalue weighted by Crippen LogP contribution is -2.62. The highest BCUT2D eigenvalue weighted by Crippen LogP contribution is 2.37. The summed E-state index contributed by atoms with van der Waals surface area (Å²) in [4.78, 5) is 0. The first kappa shape index (κ1) is 30.1. The summed E-state index contributed by atoms with van der Waals surface area (Å²) in [5, 5.41) is 0. The summed E-state index contributed by atoms with van der Waals surface area (Å²) in [6.07, 6.45) is -0.903. The van der Waals surface area contributed by atoms with Crippen LogP contribution < -0.4 is 0 Å².